The quantitative estimate of drug-likeness (QED) is 0.686. The topological polar surface area (TPSA) is 73.6 Å². The first-order chi connectivity index (χ1) is 8.76. The number of amides is 1. The number of benzene rings is 1. The molecule has 0 aliphatic rings. The summed E-state index contributed by atoms with van der Waals surface area (Å²) in [6.07, 6.45) is 0.969. The highest BCUT2D eigenvalue weighted by molar-refractivity contribution is 5.91. The highest BCUT2D eigenvalue weighted by Crippen LogP contribution is 2.15. The molecule has 18 heavy (non-hydrogen) atoms. The summed E-state index contributed by atoms with van der Waals surface area (Å²) in [7, 11) is 0. The second-order valence-corrected chi connectivity index (χ2v) is 3.76. The van der Waals surface area contributed by atoms with Crippen LogP contribution in [0.2, 0.25) is 0 Å². The van der Waals surface area contributed by atoms with Gasteiger partial charge >= 0.3 is 0 Å². The molecule has 0 unspecified atom stereocenters. The van der Waals surface area contributed by atoms with E-state index in [9.17, 15) is 4.79 Å². The molecule has 1 aromatic carbocycles. The van der Waals surface area contributed by atoms with Gasteiger partial charge in [0.25, 0.3) is 0 Å². The monoisotopic (exact) mass is 252 g/mol. The van der Waals surface area contributed by atoms with Crippen LogP contribution in [-0.4, -0.2) is 32.3 Å². The highest BCUT2D eigenvalue weighted by Gasteiger charge is 2.02. The maximum atomic E-state index is 11.4. The van der Waals surface area contributed by atoms with Gasteiger partial charge < -0.3 is 20.5 Å². The zero-order valence-electron chi connectivity index (χ0n) is 10.6. The molecule has 0 saturated heterocycles. The molecule has 100 valence electrons. The summed E-state index contributed by atoms with van der Waals surface area (Å²) in [5.74, 6) is 0.611. The zero-order chi connectivity index (χ0) is 13.2. The van der Waals surface area contributed by atoms with E-state index >= 15 is 0 Å². The summed E-state index contributed by atoms with van der Waals surface area (Å²) in [6.45, 7) is 3.56. The summed E-state index contributed by atoms with van der Waals surface area (Å²) in [6, 6.07) is 7.25. The third-order valence-corrected chi connectivity index (χ3v) is 2.11. The van der Waals surface area contributed by atoms with Crippen molar-refractivity contribution in [3.05, 3.63) is 24.3 Å². The van der Waals surface area contributed by atoms with Crippen LogP contribution in [-0.2, 0) is 9.53 Å². The minimum Gasteiger partial charge on any atom is -0.494 e. The first kappa shape index (κ1) is 14.5. The molecule has 0 saturated carbocycles. The van der Waals surface area contributed by atoms with Crippen molar-refractivity contribution < 1.29 is 14.3 Å². The van der Waals surface area contributed by atoms with Gasteiger partial charge in [0.1, 0.15) is 12.4 Å². The second-order valence-electron chi connectivity index (χ2n) is 3.76. The number of ether oxygens (including phenoxy) is 2. The van der Waals surface area contributed by atoms with Crippen molar-refractivity contribution in [3.8, 4) is 5.75 Å². The average molecular weight is 252 g/mol. The third kappa shape index (κ3) is 5.65. The van der Waals surface area contributed by atoms with E-state index in [2.05, 4.69) is 12.2 Å². The number of carbonyl (C=O) groups is 1. The Hall–Kier alpha value is -1.59. The van der Waals surface area contributed by atoms with Crippen molar-refractivity contribution in [2.24, 2.45) is 5.73 Å². The smallest absolute Gasteiger partial charge is 0.250 e. The zero-order valence-corrected chi connectivity index (χ0v) is 10.6. The molecule has 0 spiro atoms. The predicted octanol–water partition coefficient (Wildman–Crippen LogP) is 1.39. The number of nitrogens with two attached hydrogens (primary N) is 1. The van der Waals surface area contributed by atoms with Crippen LogP contribution in [0, 0.1) is 0 Å². The van der Waals surface area contributed by atoms with Gasteiger partial charge in [-0.1, -0.05) is 6.92 Å². The van der Waals surface area contributed by atoms with E-state index in [-0.39, 0.29) is 12.5 Å². The molecular weight excluding hydrogens is 232 g/mol. The standard InChI is InChI=1S/C13H20N2O3/c1-2-8-18-12-5-3-11(4-6-12)15-13(16)10-17-9-7-14/h3-6H,2,7-10,14H2,1H3,(H,15,16). The molecule has 0 aliphatic heterocycles. The number of anilines is 1. The van der Waals surface area contributed by atoms with Crippen LogP contribution < -0.4 is 15.8 Å². The van der Waals surface area contributed by atoms with Gasteiger partial charge in [0, 0.05) is 12.2 Å². The van der Waals surface area contributed by atoms with E-state index in [0.717, 1.165) is 17.9 Å². The fourth-order valence-electron chi connectivity index (χ4n) is 1.30. The van der Waals surface area contributed by atoms with Crippen LogP contribution in [0.3, 0.4) is 0 Å². The molecule has 0 aromatic heterocycles. The SMILES string of the molecule is CCCOc1ccc(NC(=O)COCCN)cc1. The van der Waals surface area contributed by atoms with Gasteiger partial charge in [-0.25, -0.2) is 0 Å². The third-order valence-electron chi connectivity index (χ3n) is 2.11. The Kier molecular flexibility index (Phi) is 6.83. The Morgan fingerprint density at radius 2 is 2.00 bits per heavy atom. The van der Waals surface area contributed by atoms with Crippen molar-refractivity contribution >= 4 is 11.6 Å². The van der Waals surface area contributed by atoms with Crippen LogP contribution in [0.25, 0.3) is 0 Å². The first-order valence-corrected chi connectivity index (χ1v) is 6.06. The van der Waals surface area contributed by atoms with Crippen molar-refractivity contribution in [2.45, 2.75) is 13.3 Å². The Morgan fingerprint density at radius 1 is 1.28 bits per heavy atom. The molecular formula is C13H20N2O3. The predicted molar refractivity (Wildman–Crippen MR) is 70.7 cm³/mol. The molecule has 1 rings (SSSR count). The van der Waals surface area contributed by atoms with E-state index < -0.39 is 0 Å². The molecule has 0 aliphatic carbocycles. The Morgan fingerprint density at radius 3 is 2.61 bits per heavy atom. The summed E-state index contributed by atoms with van der Waals surface area (Å²) in [5.41, 5.74) is 5.98. The number of hydrogen-bond acceptors (Lipinski definition) is 4. The van der Waals surface area contributed by atoms with Gasteiger partial charge in [-0.3, -0.25) is 4.79 Å². The van der Waals surface area contributed by atoms with Crippen LogP contribution >= 0.6 is 0 Å². The van der Waals surface area contributed by atoms with E-state index in [1.54, 1.807) is 12.1 Å². The lowest BCUT2D eigenvalue weighted by Gasteiger charge is -2.07. The number of rotatable bonds is 8. The minimum atomic E-state index is -0.189. The highest BCUT2D eigenvalue weighted by atomic mass is 16.5. The van der Waals surface area contributed by atoms with Gasteiger partial charge in [0.15, 0.2) is 0 Å². The summed E-state index contributed by atoms with van der Waals surface area (Å²) in [5, 5.41) is 2.72. The van der Waals surface area contributed by atoms with Crippen LogP contribution in [0.5, 0.6) is 5.75 Å². The molecule has 1 aromatic rings. The molecule has 0 atom stereocenters. The van der Waals surface area contributed by atoms with Crippen molar-refractivity contribution in [2.75, 3.05) is 31.7 Å². The van der Waals surface area contributed by atoms with Gasteiger partial charge in [0.05, 0.1) is 13.2 Å². The maximum absolute atomic E-state index is 11.4. The van der Waals surface area contributed by atoms with E-state index in [1.165, 1.54) is 0 Å². The van der Waals surface area contributed by atoms with Crippen molar-refractivity contribution in [1.29, 1.82) is 0 Å². The van der Waals surface area contributed by atoms with Crippen molar-refractivity contribution in [3.63, 3.8) is 0 Å². The molecule has 0 radical (unpaired) electrons. The minimum absolute atomic E-state index is 0.0191. The second kappa shape index (κ2) is 8.49. The number of nitrogens with one attached hydrogen (secondary N) is 1. The van der Waals surface area contributed by atoms with Crippen LogP contribution in [0.4, 0.5) is 5.69 Å². The molecule has 0 heterocycles. The van der Waals surface area contributed by atoms with Crippen LogP contribution in [0.1, 0.15) is 13.3 Å². The van der Waals surface area contributed by atoms with E-state index in [0.29, 0.717) is 19.8 Å². The lowest BCUT2D eigenvalue weighted by Crippen LogP contribution is -2.20. The molecule has 5 nitrogen and oxygen atoms in total. The Bertz CT molecular complexity index is 352. The van der Waals surface area contributed by atoms with E-state index in [4.69, 9.17) is 15.2 Å². The summed E-state index contributed by atoms with van der Waals surface area (Å²) >= 11 is 0. The normalized spacial score (nSPS) is 10.1. The fourth-order valence-corrected chi connectivity index (χ4v) is 1.30. The Labute approximate surface area is 107 Å². The fraction of sp³-hybridized carbons (Fsp3) is 0.462. The molecule has 5 heteroatoms. The number of hydrogen-bond donors (Lipinski definition) is 2. The number of carbonyl (C=O) groups excluding carboxylic acids is 1. The lowest BCUT2D eigenvalue weighted by atomic mass is 10.3. The summed E-state index contributed by atoms with van der Waals surface area (Å²) < 4.78 is 10.5. The van der Waals surface area contributed by atoms with Gasteiger partial charge in [0.2, 0.25) is 5.91 Å². The largest absolute Gasteiger partial charge is 0.494 e. The summed E-state index contributed by atoms with van der Waals surface area (Å²) in [4.78, 5) is 11.4. The maximum Gasteiger partial charge on any atom is 0.250 e. The lowest BCUT2D eigenvalue weighted by molar-refractivity contribution is -0.120. The van der Waals surface area contributed by atoms with Gasteiger partial charge in [-0.05, 0) is 30.7 Å². The molecule has 0 fully saturated rings. The van der Waals surface area contributed by atoms with Crippen molar-refractivity contribution in [1.82, 2.24) is 0 Å². The molecule has 1 amide bonds. The Balaban J connectivity index is 2.35. The van der Waals surface area contributed by atoms with Gasteiger partial charge in [-0.15, -0.1) is 0 Å². The first-order valence-electron chi connectivity index (χ1n) is 6.06. The van der Waals surface area contributed by atoms with E-state index in [1.807, 2.05) is 12.1 Å². The molecule has 0 bridgehead atoms. The van der Waals surface area contributed by atoms with Gasteiger partial charge in [-0.2, -0.15) is 0 Å². The molecule has 3 N–H and O–H groups in total. The van der Waals surface area contributed by atoms with Crippen LogP contribution in [0.15, 0.2) is 24.3 Å². The average Bonchev–Trinajstić information content (AvgIpc) is 2.38.